The van der Waals surface area contributed by atoms with Crippen LogP contribution in [0.1, 0.15) is 85.2 Å². The standard InChI is InChI=1S/C30H38O2Se2/c1-3-5-7-9-19-31-29-23-26(16-18-28-14-12-22-34-28)30(32-20-10-8-6-4-2)24-25(29)15-17-27-13-11-21-33-27/h11-18,21-24H,3-10,19-20H2,1-2H3/b17-15+,18-16+. The van der Waals surface area contributed by atoms with Crippen molar-refractivity contribution in [3.05, 3.63) is 66.3 Å². The molecule has 0 aliphatic rings. The van der Waals surface area contributed by atoms with Crippen LogP contribution >= 0.6 is 0 Å². The molecule has 182 valence electrons. The van der Waals surface area contributed by atoms with E-state index in [4.69, 9.17) is 9.47 Å². The Balaban J connectivity index is 1.85. The molecular weight excluding hydrogens is 550 g/mol. The third kappa shape index (κ3) is 9.51. The van der Waals surface area contributed by atoms with Crippen LogP contribution in [-0.2, 0) is 0 Å². The molecule has 2 heterocycles. The van der Waals surface area contributed by atoms with Crippen molar-refractivity contribution in [2.45, 2.75) is 65.2 Å². The molecule has 2 aromatic heterocycles. The maximum atomic E-state index is 6.33. The van der Waals surface area contributed by atoms with Crippen LogP contribution in [0.3, 0.4) is 0 Å². The van der Waals surface area contributed by atoms with Crippen molar-refractivity contribution in [2.75, 3.05) is 13.2 Å². The van der Waals surface area contributed by atoms with Gasteiger partial charge in [-0.05, 0) is 0 Å². The van der Waals surface area contributed by atoms with E-state index in [-0.39, 0.29) is 0 Å². The number of benzene rings is 1. The van der Waals surface area contributed by atoms with Crippen molar-refractivity contribution in [2.24, 2.45) is 0 Å². The van der Waals surface area contributed by atoms with Gasteiger partial charge in [0.05, 0.1) is 0 Å². The Kier molecular flexibility index (Phi) is 12.7. The molecule has 0 radical (unpaired) electrons. The predicted octanol–water partition coefficient (Wildman–Crippen LogP) is 8.06. The fraction of sp³-hybridized carbons (Fsp3) is 0.400. The molecule has 34 heavy (non-hydrogen) atoms. The van der Waals surface area contributed by atoms with Crippen molar-refractivity contribution in [3.8, 4) is 11.5 Å². The van der Waals surface area contributed by atoms with Crippen LogP contribution in [0.4, 0.5) is 0 Å². The average molecular weight is 589 g/mol. The fourth-order valence-corrected chi connectivity index (χ4v) is 6.23. The van der Waals surface area contributed by atoms with Crippen LogP contribution in [0, 0.1) is 0 Å². The predicted molar refractivity (Wildman–Crippen MR) is 150 cm³/mol. The van der Waals surface area contributed by atoms with Crippen molar-refractivity contribution in [1.29, 1.82) is 0 Å². The summed E-state index contributed by atoms with van der Waals surface area (Å²) in [5.74, 6) is 1.91. The van der Waals surface area contributed by atoms with Gasteiger partial charge in [0.1, 0.15) is 0 Å². The minimum absolute atomic E-state index is 0.434. The molecular formula is C30H38O2Se2. The van der Waals surface area contributed by atoms with E-state index in [1.165, 1.54) is 47.4 Å². The van der Waals surface area contributed by atoms with Crippen molar-refractivity contribution >= 4 is 53.3 Å². The molecule has 3 aromatic rings. The molecule has 1 aromatic carbocycles. The van der Waals surface area contributed by atoms with Gasteiger partial charge < -0.3 is 0 Å². The third-order valence-electron chi connectivity index (χ3n) is 5.59. The number of ether oxygens (including phenoxy) is 2. The van der Waals surface area contributed by atoms with E-state index in [9.17, 15) is 0 Å². The average Bonchev–Trinajstić information content (AvgIpc) is 3.56. The zero-order valence-corrected chi connectivity index (χ0v) is 24.1. The summed E-state index contributed by atoms with van der Waals surface area (Å²) in [6, 6.07) is 13.1. The first-order valence-corrected chi connectivity index (χ1v) is 16.4. The molecule has 0 aliphatic heterocycles. The summed E-state index contributed by atoms with van der Waals surface area (Å²) in [6.07, 6.45) is 18.5. The number of rotatable bonds is 16. The summed E-state index contributed by atoms with van der Waals surface area (Å²) in [5.41, 5.74) is 2.21. The van der Waals surface area contributed by atoms with Crippen molar-refractivity contribution < 1.29 is 9.47 Å². The van der Waals surface area contributed by atoms with E-state index in [2.05, 4.69) is 84.4 Å². The Labute approximate surface area is 218 Å². The molecule has 0 atom stereocenters. The van der Waals surface area contributed by atoms with E-state index in [0.717, 1.165) is 48.7 Å². The van der Waals surface area contributed by atoms with E-state index in [1.807, 2.05) is 0 Å². The Morgan fingerprint density at radius 2 is 1.09 bits per heavy atom. The second-order valence-electron chi connectivity index (χ2n) is 8.44. The molecule has 0 N–H and O–H groups in total. The molecule has 0 aliphatic carbocycles. The van der Waals surface area contributed by atoms with Gasteiger partial charge in [-0.2, -0.15) is 0 Å². The topological polar surface area (TPSA) is 18.5 Å². The minimum atomic E-state index is 0.434. The van der Waals surface area contributed by atoms with E-state index >= 15 is 0 Å². The summed E-state index contributed by atoms with van der Waals surface area (Å²) < 4.78 is 15.4. The summed E-state index contributed by atoms with van der Waals surface area (Å²) in [6.45, 7) is 6.00. The van der Waals surface area contributed by atoms with Gasteiger partial charge in [-0.3, -0.25) is 0 Å². The maximum absolute atomic E-state index is 6.33. The number of unbranched alkanes of at least 4 members (excludes halogenated alkanes) is 6. The Morgan fingerprint density at radius 3 is 1.47 bits per heavy atom. The van der Waals surface area contributed by atoms with E-state index < -0.39 is 0 Å². The number of hydrogen-bond acceptors (Lipinski definition) is 2. The van der Waals surface area contributed by atoms with Crippen LogP contribution in [-0.4, -0.2) is 42.2 Å². The van der Waals surface area contributed by atoms with Gasteiger partial charge in [0, 0.05) is 0 Å². The Morgan fingerprint density at radius 1 is 0.618 bits per heavy atom. The molecule has 0 amide bonds. The summed E-state index contributed by atoms with van der Waals surface area (Å²) in [4.78, 5) is 4.51. The third-order valence-corrected chi connectivity index (χ3v) is 9.11. The van der Waals surface area contributed by atoms with Crippen LogP contribution in [0.5, 0.6) is 11.5 Å². The molecule has 3 rings (SSSR count). The zero-order chi connectivity index (χ0) is 23.8. The van der Waals surface area contributed by atoms with E-state index in [0.29, 0.717) is 29.0 Å². The first-order valence-electron chi connectivity index (χ1n) is 12.7. The molecule has 0 bridgehead atoms. The van der Waals surface area contributed by atoms with Crippen LogP contribution < -0.4 is 9.47 Å². The molecule has 0 unspecified atom stereocenters. The van der Waals surface area contributed by atoms with Gasteiger partial charge in [-0.15, -0.1) is 0 Å². The summed E-state index contributed by atoms with van der Waals surface area (Å²) in [5, 5.41) is 0. The summed E-state index contributed by atoms with van der Waals surface area (Å²) in [7, 11) is 0. The second kappa shape index (κ2) is 16.1. The Bertz CT molecular complexity index is 903. The first-order chi connectivity index (χ1) is 16.8. The molecule has 0 saturated heterocycles. The normalized spacial score (nSPS) is 11.6. The zero-order valence-electron chi connectivity index (χ0n) is 20.6. The molecule has 2 nitrogen and oxygen atoms in total. The van der Waals surface area contributed by atoms with Gasteiger partial charge in [0.25, 0.3) is 0 Å². The van der Waals surface area contributed by atoms with Crippen molar-refractivity contribution in [1.82, 2.24) is 0 Å². The molecule has 0 fully saturated rings. The van der Waals surface area contributed by atoms with Crippen molar-refractivity contribution in [3.63, 3.8) is 0 Å². The Hall–Kier alpha value is -1.70. The van der Waals surface area contributed by atoms with E-state index in [1.54, 1.807) is 0 Å². The van der Waals surface area contributed by atoms with Gasteiger partial charge >= 0.3 is 219 Å². The first kappa shape index (κ1) is 26.9. The SMILES string of the molecule is CCCCCCOc1cc(/C=C/c2ccc[se]2)c(OCCCCCC)cc1/C=C/c1ccc[se]1. The summed E-state index contributed by atoms with van der Waals surface area (Å²) >= 11 is 0.869. The fourth-order valence-electron chi connectivity index (χ4n) is 3.64. The molecule has 4 heteroatoms. The van der Waals surface area contributed by atoms with Gasteiger partial charge in [-0.25, -0.2) is 0 Å². The number of hydrogen-bond donors (Lipinski definition) is 0. The second-order valence-corrected chi connectivity index (χ2v) is 12.6. The van der Waals surface area contributed by atoms with Crippen LogP contribution in [0.2, 0.25) is 0 Å². The van der Waals surface area contributed by atoms with Gasteiger partial charge in [-0.1, -0.05) is 0 Å². The monoisotopic (exact) mass is 590 g/mol. The molecule has 0 saturated carbocycles. The molecule has 0 spiro atoms. The van der Waals surface area contributed by atoms with Gasteiger partial charge in [0.15, 0.2) is 0 Å². The van der Waals surface area contributed by atoms with Gasteiger partial charge in [0.2, 0.25) is 0 Å². The quantitative estimate of drug-likeness (QED) is 0.125. The van der Waals surface area contributed by atoms with Crippen LogP contribution in [0.15, 0.2) is 46.3 Å². The van der Waals surface area contributed by atoms with Crippen LogP contribution in [0.25, 0.3) is 24.3 Å².